The number of halogens is 1. The fourth-order valence-electron chi connectivity index (χ4n) is 1.18. The summed E-state index contributed by atoms with van der Waals surface area (Å²) >= 11 is 0. The van der Waals surface area contributed by atoms with Crippen LogP contribution in [0.25, 0.3) is 0 Å². The van der Waals surface area contributed by atoms with Crippen molar-refractivity contribution in [3.8, 4) is 0 Å². The number of likely N-dealkylation sites (N-methyl/N-ethyl adjacent to an activating group) is 1. The Morgan fingerprint density at radius 1 is 1.33 bits per heavy atom. The van der Waals surface area contributed by atoms with Gasteiger partial charge in [0.15, 0.2) is 0 Å². The molecule has 0 aromatic rings. The zero-order valence-electron chi connectivity index (χ0n) is 9.19. The van der Waals surface area contributed by atoms with Crippen LogP contribution in [0, 0.1) is 5.92 Å². The highest BCUT2D eigenvalue weighted by Gasteiger charge is 2.27. The standard InChI is InChI=1S/C8H19N3O2S.ClH/c1-9-5-6-10-14(12,13)11(2)7-8-3-4-8;/h8-10H,3-7H2,1-2H3;1H. The van der Waals surface area contributed by atoms with E-state index in [4.69, 9.17) is 0 Å². The van der Waals surface area contributed by atoms with Crippen molar-refractivity contribution in [3.63, 3.8) is 0 Å². The van der Waals surface area contributed by atoms with E-state index in [0.717, 1.165) is 12.8 Å². The van der Waals surface area contributed by atoms with E-state index in [-0.39, 0.29) is 12.4 Å². The smallest absolute Gasteiger partial charge is 0.279 e. The Morgan fingerprint density at radius 3 is 2.40 bits per heavy atom. The van der Waals surface area contributed by atoms with E-state index in [1.165, 1.54) is 4.31 Å². The highest BCUT2D eigenvalue weighted by molar-refractivity contribution is 7.87. The van der Waals surface area contributed by atoms with Crippen molar-refractivity contribution >= 4 is 22.6 Å². The van der Waals surface area contributed by atoms with Crippen molar-refractivity contribution in [1.82, 2.24) is 14.3 Å². The third-order valence-corrected chi connectivity index (χ3v) is 3.82. The molecule has 2 N–H and O–H groups in total. The van der Waals surface area contributed by atoms with Gasteiger partial charge in [-0.3, -0.25) is 0 Å². The Morgan fingerprint density at radius 2 is 1.93 bits per heavy atom. The lowest BCUT2D eigenvalue weighted by atomic mass is 10.4. The van der Waals surface area contributed by atoms with Gasteiger partial charge < -0.3 is 5.32 Å². The van der Waals surface area contributed by atoms with Gasteiger partial charge in [0.2, 0.25) is 0 Å². The predicted octanol–water partition coefficient (Wildman–Crippen LogP) is -0.196. The van der Waals surface area contributed by atoms with Crippen LogP contribution in [0.5, 0.6) is 0 Å². The molecule has 1 aliphatic rings. The van der Waals surface area contributed by atoms with Crippen LogP contribution < -0.4 is 10.0 Å². The van der Waals surface area contributed by atoms with E-state index >= 15 is 0 Å². The van der Waals surface area contributed by atoms with E-state index in [1.807, 2.05) is 0 Å². The summed E-state index contributed by atoms with van der Waals surface area (Å²) in [5.74, 6) is 0.584. The average Bonchev–Trinajstić information content (AvgIpc) is 2.88. The second-order valence-corrected chi connectivity index (χ2v) is 5.59. The molecule has 1 aliphatic carbocycles. The number of hydrogen-bond acceptors (Lipinski definition) is 3. The Bertz CT molecular complexity index is 267. The van der Waals surface area contributed by atoms with Crippen LogP contribution in [0.2, 0.25) is 0 Å². The van der Waals surface area contributed by atoms with Crippen molar-refractivity contribution in [3.05, 3.63) is 0 Å². The largest absolute Gasteiger partial charge is 0.318 e. The molecule has 92 valence electrons. The SMILES string of the molecule is CNCCNS(=O)(=O)N(C)CC1CC1.Cl. The minimum Gasteiger partial charge on any atom is -0.318 e. The first kappa shape index (κ1) is 15.1. The van der Waals surface area contributed by atoms with Crippen molar-refractivity contribution in [2.45, 2.75) is 12.8 Å². The Kier molecular flexibility index (Phi) is 6.70. The summed E-state index contributed by atoms with van der Waals surface area (Å²) in [4.78, 5) is 0. The zero-order chi connectivity index (χ0) is 10.6. The lowest BCUT2D eigenvalue weighted by Gasteiger charge is -2.17. The number of nitrogens with one attached hydrogen (secondary N) is 2. The Labute approximate surface area is 98.2 Å². The molecule has 1 fully saturated rings. The van der Waals surface area contributed by atoms with Gasteiger partial charge in [-0.05, 0) is 25.8 Å². The summed E-state index contributed by atoms with van der Waals surface area (Å²) in [6.45, 7) is 1.74. The van der Waals surface area contributed by atoms with Gasteiger partial charge in [-0.1, -0.05) is 0 Å². The lowest BCUT2D eigenvalue weighted by molar-refractivity contribution is 0.442. The molecule has 0 bridgehead atoms. The predicted molar refractivity (Wildman–Crippen MR) is 63.5 cm³/mol. The maximum atomic E-state index is 11.6. The summed E-state index contributed by atoms with van der Waals surface area (Å²) in [5, 5.41) is 2.89. The van der Waals surface area contributed by atoms with Gasteiger partial charge >= 0.3 is 0 Å². The molecule has 0 unspecified atom stereocenters. The van der Waals surface area contributed by atoms with Gasteiger partial charge in [0.05, 0.1) is 0 Å². The molecule has 0 radical (unpaired) electrons. The van der Waals surface area contributed by atoms with Crippen LogP contribution in [-0.4, -0.2) is 46.5 Å². The molecule has 0 aliphatic heterocycles. The van der Waals surface area contributed by atoms with Gasteiger partial charge in [0, 0.05) is 26.7 Å². The summed E-state index contributed by atoms with van der Waals surface area (Å²) in [5.41, 5.74) is 0. The van der Waals surface area contributed by atoms with Crippen molar-refractivity contribution in [1.29, 1.82) is 0 Å². The second kappa shape index (κ2) is 6.65. The minimum absolute atomic E-state index is 0. The fraction of sp³-hybridized carbons (Fsp3) is 1.00. The Hall–Kier alpha value is 0.120. The quantitative estimate of drug-likeness (QED) is 0.622. The van der Waals surface area contributed by atoms with Gasteiger partial charge in [-0.15, -0.1) is 12.4 Å². The molecule has 1 rings (SSSR count). The highest BCUT2D eigenvalue weighted by atomic mass is 35.5. The van der Waals surface area contributed by atoms with E-state index in [9.17, 15) is 8.42 Å². The maximum absolute atomic E-state index is 11.6. The highest BCUT2D eigenvalue weighted by Crippen LogP contribution is 2.29. The van der Waals surface area contributed by atoms with Crippen LogP contribution in [0.1, 0.15) is 12.8 Å². The first-order valence-electron chi connectivity index (χ1n) is 4.92. The van der Waals surface area contributed by atoms with Gasteiger partial charge in [-0.2, -0.15) is 12.7 Å². The number of rotatable bonds is 7. The third kappa shape index (κ3) is 5.67. The molecular weight excluding hydrogens is 238 g/mol. The van der Waals surface area contributed by atoms with E-state index in [1.54, 1.807) is 14.1 Å². The Balaban J connectivity index is 0.00000196. The van der Waals surface area contributed by atoms with Crippen LogP contribution in [0.4, 0.5) is 0 Å². The third-order valence-electron chi connectivity index (χ3n) is 2.28. The minimum atomic E-state index is -3.24. The van der Waals surface area contributed by atoms with E-state index < -0.39 is 10.2 Å². The molecule has 0 heterocycles. The molecule has 0 saturated heterocycles. The molecule has 7 heteroatoms. The fourth-order valence-corrected chi connectivity index (χ4v) is 2.16. The lowest BCUT2D eigenvalue weighted by Crippen LogP contribution is -2.41. The molecule has 0 amide bonds. The summed E-state index contributed by atoms with van der Waals surface area (Å²) < 4.78 is 27.0. The first-order chi connectivity index (χ1) is 6.56. The molecule has 1 saturated carbocycles. The number of nitrogens with zero attached hydrogens (tertiary/aromatic N) is 1. The van der Waals surface area contributed by atoms with Gasteiger partial charge in [0.25, 0.3) is 10.2 Å². The van der Waals surface area contributed by atoms with Crippen molar-refractivity contribution in [2.75, 3.05) is 33.7 Å². The maximum Gasteiger partial charge on any atom is 0.279 e. The van der Waals surface area contributed by atoms with E-state index in [0.29, 0.717) is 25.6 Å². The summed E-state index contributed by atoms with van der Waals surface area (Å²) in [6.07, 6.45) is 2.33. The van der Waals surface area contributed by atoms with Crippen LogP contribution >= 0.6 is 12.4 Å². The average molecular weight is 258 g/mol. The summed E-state index contributed by atoms with van der Waals surface area (Å²) in [6, 6.07) is 0. The molecule has 0 aromatic carbocycles. The summed E-state index contributed by atoms with van der Waals surface area (Å²) in [7, 11) is 0.175. The molecular formula is C8H20ClN3O2S. The van der Waals surface area contributed by atoms with Crippen molar-refractivity contribution in [2.24, 2.45) is 5.92 Å². The van der Waals surface area contributed by atoms with Crippen LogP contribution in [0.3, 0.4) is 0 Å². The topological polar surface area (TPSA) is 61.4 Å². The van der Waals surface area contributed by atoms with Gasteiger partial charge in [0.1, 0.15) is 0 Å². The normalized spacial score (nSPS) is 16.5. The van der Waals surface area contributed by atoms with Crippen LogP contribution in [-0.2, 0) is 10.2 Å². The van der Waals surface area contributed by atoms with Crippen LogP contribution in [0.15, 0.2) is 0 Å². The molecule has 0 spiro atoms. The molecule has 0 aromatic heterocycles. The van der Waals surface area contributed by atoms with Crippen molar-refractivity contribution < 1.29 is 8.42 Å². The van der Waals surface area contributed by atoms with E-state index in [2.05, 4.69) is 10.0 Å². The second-order valence-electron chi connectivity index (χ2n) is 3.73. The number of hydrogen-bond donors (Lipinski definition) is 2. The first-order valence-corrected chi connectivity index (χ1v) is 6.36. The monoisotopic (exact) mass is 257 g/mol. The molecule has 5 nitrogen and oxygen atoms in total. The van der Waals surface area contributed by atoms with Gasteiger partial charge in [-0.25, -0.2) is 4.72 Å². The zero-order valence-corrected chi connectivity index (χ0v) is 10.8. The molecule has 15 heavy (non-hydrogen) atoms. The molecule has 0 atom stereocenters.